The van der Waals surface area contributed by atoms with Crippen molar-refractivity contribution in [1.29, 1.82) is 0 Å². The molecule has 3 heterocycles. The van der Waals surface area contributed by atoms with Crippen molar-refractivity contribution >= 4 is 33.4 Å². The van der Waals surface area contributed by atoms with Gasteiger partial charge in [-0.15, -0.1) is 0 Å². The van der Waals surface area contributed by atoms with Crippen LogP contribution in [0.1, 0.15) is 18.7 Å². The van der Waals surface area contributed by atoms with Gasteiger partial charge in [-0.05, 0) is 58.0 Å². The normalized spacial score (nSPS) is 16.0. The summed E-state index contributed by atoms with van der Waals surface area (Å²) in [5, 5.41) is 14.5. The molecule has 1 aliphatic heterocycles. The van der Waals surface area contributed by atoms with E-state index in [-0.39, 0.29) is 23.0 Å². The second kappa shape index (κ2) is 7.06. The number of benzene rings is 1. The summed E-state index contributed by atoms with van der Waals surface area (Å²) in [6.07, 6.45) is 0. The van der Waals surface area contributed by atoms with Crippen LogP contribution in [0.4, 0.5) is 0 Å². The first kappa shape index (κ1) is 17.6. The molecule has 0 saturated carbocycles. The Balaban J connectivity index is 1.96. The number of fused-ring (bicyclic) bond motifs is 1. The van der Waals surface area contributed by atoms with E-state index in [1.54, 1.807) is 21.3 Å². The van der Waals surface area contributed by atoms with Crippen LogP contribution in [-0.2, 0) is 6.54 Å². The van der Waals surface area contributed by atoms with Crippen molar-refractivity contribution in [1.82, 2.24) is 9.55 Å². The number of nitrogens with zero attached hydrogens (tertiary/aromatic N) is 2. The Morgan fingerprint density at radius 2 is 2.12 bits per heavy atom. The minimum absolute atomic E-state index is 0.152. The standard InChI is InChI=1S/C18H16ClN3O2S2/c1-2-21-16(23)15(11-6-4-3-5-7-11)17(24)22-13(10-25-18(21)22)12-8-9-14(20-12)26-19/h3-9,13,20H,2,10H2,1H3/t13-/m0/s1. The summed E-state index contributed by atoms with van der Waals surface area (Å²) in [5.74, 6) is 0.464. The van der Waals surface area contributed by atoms with E-state index in [2.05, 4.69) is 4.98 Å². The van der Waals surface area contributed by atoms with Crippen molar-refractivity contribution in [2.45, 2.75) is 29.7 Å². The molecule has 26 heavy (non-hydrogen) atoms. The lowest BCUT2D eigenvalue weighted by molar-refractivity contribution is -0.768. The van der Waals surface area contributed by atoms with Gasteiger partial charge in [0.2, 0.25) is 0 Å². The first-order valence-corrected chi connectivity index (χ1v) is 10.8. The van der Waals surface area contributed by atoms with E-state index in [9.17, 15) is 9.90 Å². The molecule has 4 rings (SSSR count). The first-order valence-electron chi connectivity index (χ1n) is 8.20. The number of hydrogen-bond donors (Lipinski definition) is 1. The lowest BCUT2D eigenvalue weighted by Gasteiger charge is -2.18. The number of aromatic nitrogens is 3. The Labute approximate surface area is 163 Å². The number of aromatic amines is 1. The maximum absolute atomic E-state index is 13.3. The molecule has 134 valence electrons. The zero-order valence-electron chi connectivity index (χ0n) is 13.9. The fourth-order valence-electron chi connectivity index (χ4n) is 3.29. The number of thioether (sulfide) groups is 1. The molecule has 0 spiro atoms. The third-order valence-electron chi connectivity index (χ3n) is 4.51. The Morgan fingerprint density at radius 3 is 2.77 bits per heavy atom. The molecule has 1 N–H and O–H groups in total. The number of halogens is 1. The number of rotatable bonds is 4. The largest absolute Gasteiger partial charge is 0.842 e. The van der Waals surface area contributed by atoms with Crippen LogP contribution in [-0.4, -0.2) is 15.3 Å². The Hall–Kier alpha value is -1.83. The first-order chi connectivity index (χ1) is 12.7. The van der Waals surface area contributed by atoms with E-state index >= 15 is 0 Å². The molecular weight excluding hydrogens is 390 g/mol. The van der Waals surface area contributed by atoms with Crippen LogP contribution in [0.3, 0.4) is 0 Å². The summed E-state index contributed by atoms with van der Waals surface area (Å²) in [4.78, 5) is 16.6. The second-order valence-corrected chi connectivity index (χ2v) is 7.97. The molecule has 5 nitrogen and oxygen atoms in total. The highest BCUT2D eigenvalue weighted by Crippen LogP contribution is 2.36. The highest BCUT2D eigenvalue weighted by Gasteiger charge is 2.38. The summed E-state index contributed by atoms with van der Waals surface area (Å²) >= 11 is 1.54. The van der Waals surface area contributed by atoms with Gasteiger partial charge >= 0.3 is 10.7 Å². The molecule has 0 fully saturated rings. The third-order valence-corrected chi connectivity index (χ3v) is 6.57. The zero-order chi connectivity index (χ0) is 18.3. The van der Waals surface area contributed by atoms with E-state index in [4.69, 9.17) is 10.7 Å². The van der Waals surface area contributed by atoms with Gasteiger partial charge in [0.25, 0.3) is 0 Å². The molecule has 0 saturated heterocycles. The number of H-pyrrole nitrogens is 1. The third kappa shape index (κ3) is 2.74. The summed E-state index contributed by atoms with van der Waals surface area (Å²) in [7, 11) is 6.93. The van der Waals surface area contributed by atoms with Crippen LogP contribution >= 0.6 is 33.4 Å². The van der Waals surface area contributed by atoms with Crippen LogP contribution in [0.2, 0.25) is 0 Å². The quantitative estimate of drug-likeness (QED) is 0.535. The predicted molar refractivity (Wildman–Crippen MR) is 103 cm³/mol. The van der Waals surface area contributed by atoms with Gasteiger partial charge in [-0.2, -0.15) is 4.57 Å². The summed E-state index contributed by atoms with van der Waals surface area (Å²) < 4.78 is 3.43. The minimum Gasteiger partial charge on any atom is -0.842 e. The smallest absolute Gasteiger partial charge is 0.345 e. The SMILES string of the molecule is CC[n+]1c([O-])c(-c2ccccc2)c(=O)n2c1SC[C@H]2c1ccc(SCl)[nH]1. The highest BCUT2D eigenvalue weighted by molar-refractivity contribution is 8.21. The molecule has 2 aromatic heterocycles. The van der Waals surface area contributed by atoms with Crippen molar-refractivity contribution in [2.24, 2.45) is 0 Å². The fraction of sp³-hybridized carbons (Fsp3) is 0.222. The molecule has 0 bridgehead atoms. The average molecular weight is 406 g/mol. The van der Waals surface area contributed by atoms with E-state index in [0.717, 1.165) is 21.7 Å². The molecule has 0 radical (unpaired) electrons. The van der Waals surface area contributed by atoms with Crippen molar-refractivity contribution in [2.75, 3.05) is 5.75 Å². The van der Waals surface area contributed by atoms with Gasteiger partial charge in [0.1, 0.15) is 5.56 Å². The number of nitrogens with one attached hydrogen (secondary N) is 1. The molecule has 1 aliphatic rings. The Morgan fingerprint density at radius 1 is 1.35 bits per heavy atom. The van der Waals surface area contributed by atoms with E-state index in [1.165, 1.54) is 11.8 Å². The molecule has 8 heteroatoms. The molecule has 0 amide bonds. The van der Waals surface area contributed by atoms with Crippen LogP contribution in [0.25, 0.3) is 11.1 Å². The molecule has 3 aromatic rings. The minimum atomic E-state index is -0.245. The maximum atomic E-state index is 13.3. The van der Waals surface area contributed by atoms with Gasteiger partial charge in [-0.25, -0.2) is 9.36 Å². The molecular formula is C18H16ClN3O2S2. The van der Waals surface area contributed by atoms with Crippen LogP contribution in [0.5, 0.6) is 5.88 Å². The summed E-state index contributed by atoms with van der Waals surface area (Å²) in [6.45, 7) is 2.44. The Bertz CT molecular complexity index is 1020. The van der Waals surface area contributed by atoms with Gasteiger partial charge < -0.3 is 10.1 Å². The van der Waals surface area contributed by atoms with Crippen LogP contribution in [0.15, 0.2) is 57.4 Å². The summed E-state index contributed by atoms with van der Waals surface area (Å²) in [5.41, 5.74) is 1.55. The molecule has 0 aliphatic carbocycles. The Kier molecular flexibility index (Phi) is 4.77. The topological polar surface area (TPSA) is 64.7 Å². The zero-order valence-corrected chi connectivity index (χ0v) is 16.3. The van der Waals surface area contributed by atoms with Gasteiger partial charge in [-0.3, -0.25) is 0 Å². The van der Waals surface area contributed by atoms with E-state index in [1.807, 2.05) is 37.3 Å². The lowest BCUT2D eigenvalue weighted by atomic mass is 10.1. The predicted octanol–water partition coefficient (Wildman–Crippen LogP) is 3.17. The van der Waals surface area contributed by atoms with Gasteiger partial charge in [0.15, 0.2) is 6.04 Å². The van der Waals surface area contributed by atoms with Crippen molar-refractivity contribution in [3.05, 3.63) is 58.5 Å². The molecule has 1 aromatic carbocycles. The van der Waals surface area contributed by atoms with E-state index in [0.29, 0.717) is 23.0 Å². The van der Waals surface area contributed by atoms with Crippen molar-refractivity contribution in [3.63, 3.8) is 0 Å². The van der Waals surface area contributed by atoms with Crippen molar-refractivity contribution in [3.8, 4) is 17.0 Å². The summed E-state index contributed by atoms with van der Waals surface area (Å²) in [6, 6.07) is 12.8. The molecule has 1 atom stereocenters. The van der Waals surface area contributed by atoms with Crippen LogP contribution < -0.4 is 15.2 Å². The molecule has 0 unspecified atom stereocenters. The second-order valence-electron chi connectivity index (χ2n) is 5.93. The maximum Gasteiger partial charge on any atom is 0.345 e. The lowest BCUT2D eigenvalue weighted by Crippen LogP contribution is -2.46. The van der Waals surface area contributed by atoms with Gasteiger partial charge in [-0.1, -0.05) is 30.3 Å². The average Bonchev–Trinajstić information content (AvgIpc) is 3.30. The monoisotopic (exact) mass is 405 g/mol. The highest BCUT2D eigenvalue weighted by atomic mass is 35.7. The fourth-order valence-corrected chi connectivity index (χ4v) is 5.19. The van der Waals surface area contributed by atoms with E-state index < -0.39 is 0 Å². The van der Waals surface area contributed by atoms with Crippen LogP contribution in [0, 0.1) is 0 Å². The van der Waals surface area contributed by atoms with Gasteiger partial charge in [0, 0.05) is 0 Å². The van der Waals surface area contributed by atoms with Crippen molar-refractivity contribution < 1.29 is 9.67 Å². The number of hydrogen-bond acceptors (Lipinski definition) is 4. The van der Waals surface area contributed by atoms with Gasteiger partial charge in [0.05, 0.1) is 28.9 Å².